The van der Waals surface area contributed by atoms with Crippen molar-refractivity contribution in [2.75, 3.05) is 57.9 Å². The van der Waals surface area contributed by atoms with Crippen molar-refractivity contribution in [3.63, 3.8) is 0 Å². The molecule has 0 radical (unpaired) electrons. The Kier molecular flexibility index (Phi) is 9.12. The van der Waals surface area contributed by atoms with Gasteiger partial charge in [0.25, 0.3) is 0 Å². The molecule has 1 aromatic heterocycles. The number of hydrogen-bond acceptors (Lipinski definition) is 10. The summed E-state index contributed by atoms with van der Waals surface area (Å²) in [4.78, 5) is 36.9. The lowest BCUT2D eigenvalue weighted by atomic mass is 9.96. The zero-order chi connectivity index (χ0) is 32.7. The number of hydrogen-bond donors (Lipinski definition) is 1. The Morgan fingerprint density at radius 1 is 1.11 bits per heavy atom. The SMILES string of the molecule is COCCN1CCN(c2ccc(S(=O)(=O)[C@@H]3C[C@H](OC(=O)NC4(C#N)CC4)N(C(=O)C4(c5ccc(Cl)nc5)CC4)C3)c(Cl)c2)CC1. The van der Waals surface area contributed by atoms with E-state index >= 15 is 0 Å². The average Bonchev–Trinajstić information content (AvgIpc) is 3.97. The van der Waals surface area contributed by atoms with Crippen molar-refractivity contribution in [1.82, 2.24) is 20.1 Å². The quantitative estimate of drug-likeness (QED) is 0.368. The predicted octanol–water partition coefficient (Wildman–Crippen LogP) is 3.37. The van der Waals surface area contributed by atoms with Gasteiger partial charge in [0.2, 0.25) is 5.91 Å². The van der Waals surface area contributed by atoms with Crippen molar-refractivity contribution in [2.45, 2.75) is 59.4 Å². The van der Waals surface area contributed by atoms with Crippen molar-refractivity contribution in [2.24, 2.45) is 0 Å². The average molecular weight is 692 g/mol. The Morgan fingerprint density at radius 2 is 1.85 bits per heavy atom. The van der Waals surface area contributed by atoms with Gasteiger partial charge in [-0.1, -0.05) is 29.3 Å². The number of amides is 2. The minimum Gasteiger partial charge on any atom is -0.425 e. The second-order valence-corrected chi connectivity index (χ2v) is 15.4. The van der Waals surface area contributed by atoms with Crippen molar-refractivity contribution < 1.29 is 27.5 Å². The highest BCUT2D eigenvalue weighted by atomic mass is 35.5. The number of halogens is 2. The highest BCUT2D eigenvalue weighted by Crippen LogP contribution is 2.51. The number of benzene rings is 1. The molecule has 2 saturated carbocycles. The summed E-state index contributed by atoms with van der Waals surface area (Å²) in [6, 6.07) is 10.3. The van der Waals surface area contributed by atoms with Crippen molar-refractivity contribution in [3.05, 3.63) is 52.3 Å². The van der Waals surface area contributed by atoms with Gasteiger partial charge in [-0.2, -0.15) is 5.26 Å². The first-order valence-corrected chi connectivity index (χ1v) is 17.6. The van der Waals surface area contributed by atoms with Gasteiger partial charge >= 0.3 is 6.09 Å². The van der Waals surface area contributed by atoms with Gasteiger partial charge in [0.05, 0.1) is 33.3 Å². The smallest absolute Gasteiger partial charge is 0.410 e. The number of alkyl carbamates (subject to hydrolysis) is 1. The number of carbonyl (C=O) groups excluding carboxylic acids is 2. The number of aromatic nitrogens is 1. The molecule has 46 heavy (non-hydrogen) atoms. The Labute approximate surface area is 278 Å². The normalized spacial score (nSPS) is 23.4. The van der Waals surface area contributed by atoms with E-state index in [2.05, 4.69) is 26.2 Å². The highest BCUT2D eigenvalue weighted by molar-refractivity contribution is 7.92. The summed E-state index contributed by atoms with van der Waals surface area (Å²) in [5.74, 6) is -0.348. The lowest BCUT2D eigenvalue weighted by Gasteiger charge is -2.36. The molecule has 2 atom stereocenters. The van der Waals surface area contributed by atoms with Crippen LogP contribution in [-0.4, -0.2) is 105 Å². The van der Waals surface area contributed by atoms with Crippen LogP contribution in [0.5, 0.6) is 0 Å². The second-order valence-electron chi connectivity index (χ2n) is 12.4. The van der Waals surface area contributed by atoms with E-state index in [0.29, 0.717) is 37.9 Å². The molecule has 0 spiro atoms. The number of nitrogens with zero attached hydrogens (tertiary/aromatic N) is 5. The third kappa shape index (κ3) is 6.51. The largest absolute Gasteiger partial charge is 0.425 e. The van der Waals surface area contributed by atoms with Crippen LogP contribution in [-0.2, 0) is 29.5 Å². The summed E-state index contributed by atoms with van der Waals surface area (Å²) in [5, 5.41) is 11.3. The van der Waals surface area contributed by atoms with E-state index in [-0.39, 0.29) is 33.9 Å². The molecule has 2 amide bonds. The van der Waals surface area contributed by atoms with Crippen LogP contribution >= 0.6 is 23.2 Å². The van der Waals surface area contributed by atoms with Crippen molar-refractivity contribution in [1.29, 1.82) is 5.26 Å². The third-order valence-electron chi connectivity index (χ3n) is 9.47. The fraction of sp³-hybridized carbons (Fsp3) is 0.548. The molecule has 15 heteroatoms. The number of pyridine rings is 1. The standard InChI is InChI=1S/C31H36Cl2N6O6S/c1-44-15-14-37-10-12-38(13-11-37)22-3-4-25(24(32)16-22)46(42,43)23-17-27(45-29(41)36-30(20-34)6-7-30)39(19-23)28(40)31(8-9-31)21-2-5-26(33)35-18-21/h2-5,16,18,23,27H,6-15,17,19H2,1H3,(H,36,41)/t23-,27+/m1/s1. The van der Waals surface area contributed by atoms with Gasteiger partial charge in [-0.15, -0.1) is 0 Å². The van der Waals surface area contributed by atoms with Gasteiger partial charge in [-0.3, -0.25) is 9.69 Å². The zero-order valence-corrected chi connectivity index (χ0v) is 27.8. The Balaban J connectivity index is 1.21. The zero-order valence-electron chi connectivity index (χ0n) is 25.5. The van der Waals surface area contributed by atoms with E-state index in [1.165, 1.54) is 11.0 Å². The molecule has 6 rings (SSSR count). The molecule has 1 aromatic carbocycles. The number of carbonyl (C=O) groups is 2. The summed E-state index contributed by atoms with van der Waals surface area (Å²) in [6.45, 7) is 4.57. The topological polar surface area (TPSA) is 145 Å². The molecule has 2 saturated heterocycles. The van der Waals surface area contributed by atoms with E-state index in [9.17, 15) is 23.3 Å². The maximum atomic E-state index is 14.1. The molecule has 0 bridgehead atoms. The van der Waals surface area contributed by atoms with Crippen LogP contribution < -0.4 is 10.2 Å². The maximum absolute atomic E-state index is 14.1. The molecule has 4 fully saturated rings. The van der Waals surface area contributed by atoms with Crippen LogP contribution in [0.1, 0.15) is 37.7 Å². The molecular formula is C31H36Cl2N6O6S. The van der Waals surface area contributed by atoms with E-state index < -0.39 is 38.4 Å². The van der Waals surface area contributed by atoms with Gasteiger partial charge < -0.3 is 24.6 Å². The minimum atomic E-state index is -4.05. The van der Waals surface area contributed by atoms with E-state index in [1.54, 1.807) is 37.6 Å². The third-order valence-corrected chi connectivity index (χ3v) is 12.3. The van der Waals surface area contributed by atoms with Crippen LogP contribution in [0, 0.1) is 11.3 Å². The monoisotopic (exact) mass is 690 g/mol. The summed E-state index contributed by atoms with van der Waals surface area (Å²) in [5.41, 5.74) is -0.411. The first-order chi connectivity index (χ1) is 22.0. The molecule has 0 unspecified atom stereocenters. The number of ether oxygens (including phenoxy) is 2. The van der Waals surface area contributed by atoms with Crippen LogP contribution in [0.2, 0.25) is 10.2 Å². The number of nitrogens with one attached hydrogen (secondary N) is 1. The van der Waals surface area contributed by atoms with Crippen LogP contribution in [0.15, 0.2) is 41.4 Å². The van der Waals surface area contributed by atoms with E-state index in [4.69, 9.17) is 32.7 Å². The summed E-state index contributed by atoms with van der Waals surface area (Å²) < 4.78 is 39.0. The first-order valence-electron chi connectivity index (χ1n) is 15.3. The van der Waals surface area contributed by atoms with Gasteiger partial charge in [0.1, 0.15) is 10.7 Å². The van der Waals surface area contributed by atoms with Crippen molar-refractivity contribution in [3.8, 4) is 6.07 Å². The molecule has 2 aliphatic carbocycles. The lowest BCUT2D eigenvalue weighted by molar-refractivity contribution is -0.140. The second kappa shape index (κ2) is 12.8. The molecule has 4 aliphatic rings. The van der Waals surface area contributed by atoms with Crippen LogP contribution in [0.4, 0.5) is 10.5 Å². The number of rotatable bonds is 10. The summed E-state index contributed by atoms with van der Waals surface area (Å²) >= 11 is 12.6. The Morgan fingerprint density at radius 3 is 2.43 bits per heavy atom. The van der Waals surface area contributed by atoms with Crippen LogP contribution in [0.3, 0.4) is 0 Å². The predicted molar refractivity (Wildman–Crippen MR) is 170 cm³/mol. The van der Waals surface area contributed by atoms with E-state index in [0.717, 1.165) is 38.4 Å². The van der Waals surface area contributed by atoms with Crippen LogP contribution in [0.25, 0.3) is 0 Å². The maximum Gasteiger partial charge on any atom is 0.410 e. The minimum absolute atomic E-state index is 0.0383. The number of anilines is 1. The molecule has 1 N–H and O–H groups in total. The molecule has 2 aliphatic heterocycles. The number of piperazine rings is 1. The van der Waals surface area contributed by atoms with Gasteiger partial charge in [-0.05, 0) is 55.5 Å². The highest BCUT2D eigenvalue weighted by Gasteiger charge is 2.57. The molecule has 3 heterocycles. The molecule has 2 aromatic rings. The summed E-state index contributed by atoms with van der Waals surface area (Å²) in [7, 11) is -2.37. The Hall–Kier alpha value is -3.15. The lowest BCUT2D eigenvalue weighted by Crippen LogP contribution is -2.47. The fourth-order valence-corrected chi connectivity index (χ4v) is 8.62. The Bertz CT molecular complexity index is 1640. The van der Waals surface area contributed by atoms with Gasteiger partial charge in [0.15, 0.2) is 16.1 Å². The fourth-order valence-electron chi connectivity index (χ4n) is 6.28. The molecule has 12 nitrogen and oxygen atoms in total. The van der Waals surface area contributed by atoms with Gasteiger partial charge in [0, 0.05) is 64.7 Å². The first kappa shape index (κ1) is 32.8. The number of sulfone groups is 1. The van der Waals surface area contributed by atoms with E-state index in [1.807, 2.05) is 0 Å². The number of methoxy groups -OCH3 is 1. The molecule has 246 valence electrons. The summed E-state index contributed by atoms with van der Waals surface area (Å²) in [6.07, 6.45) is 1.43. The van der Waals surface area contributed by atoms with Gasteiger partial charge in [-0.25, -0.2) is 18.2 Å². The van der Waals surface area contributed by atoms with Crippen molar-refractivity contribution >= 4 is 50.7 Å². The molecular weight excluding hydrogens is 655 g/mol. The number of nitriles is 1. The number of likely N-dealkylation sites (tertiary alicyclic amines) is 1.